The number of ether oxygens (including phenoxy) is 1. The summed E-state index contributed by atoms with van der Waals surface area (Å²) in [5, 5.41) is 7.72. The van der Waals surface area contributed by atoms with Crippen molar-refractivity contribution in [3.8, 4) is 5.75 Å². The van der Waals surface area contributed by atoms with E-state index in [1.54, 1.807) is 13.2 Å². The van der Waals surface area contributed by atoms with Crippen molar-refractivity contribution in [3.63, 3.8) is 0 Å². The van der Waals surface area contributed by atoms with E-state index in [9.17, 15) is 4.79 Å². The van der Waals surface area contributed by atoms with Gasteiger partial charge in [-0.05, 0) is 61.0 Å². The van der Waals surface area contributed by atoms with Gasteiger partial charge in [0.05, 0.1) is 7.11 Å². The molecule has 0 aliphatic rings. The molecule has 0 saturated carbocycles. The SMILES string of the molecule is COc1ccc(CCNC(=S)Nc2ccc3c(C)cc(=O)oc3c2)cc1. The van der Waals surface area contributed by atoms with Crippen LogP contribution in [0.25, 0.3) is 11.0 Å². The maximum atomic E-state index is 11.5. The van der Waals surface area contributed by atoms with Gasteiger partial charge in [-0.25, -0.2) is 4.79 Å². The first-order chi connectivity index (χ1) is 12.5. The van der Waals surface area contributed by atoms with E-state index in [-0.39, 0.29) is 5.63 Å². The summed E-state index contributed by atoms with van der Waals surface area (Å²) in [5.74, 6) is 0.845. The highest BCUT2D eigenvalue weighted by molar-refractivity contribution is 7.80. The number of hydrogen-bond acceptors (Lipinski definition) is 4. The molecule has 1 aromatic heterocycles. The monoisotopic (exact) mass is 368 g/mol. The Labute approximate surface area is 157 Å². The van der Waals surface area contributed by atoms with Crippen LogP contribution in [0.1, 0.15) is 11.1 Å². The second kappa shape index (κ2) is 8.01. The van der Waals surface area contributed by atoms with Crippen LogP contribution in [0.5, 0.6) is 5.75 Å². The van der Waals surface area contributed by atoms with Gasteiger partial charge in [-0.15, -0.1) is 0 Å². The van der Waals surface area contributed by atoms with E-state index < -0.39 is 0 Å². The first-order valence-corrected chi connectivity index (χ1v) is 8.68. The van der Waals surface area contributed by atoms with E-state index in [1.807, 2.05) is 43.3 Å². The van der Waals surface area contributed by atoms with Crippen LogP contribution in [-0.2, 0) is 6.42 Å². The summed E-state index contributed by atoms with van der Waals surface area (Å²) in [4.78, 5) is 11.5. The summed E-state index contributed by atoms with van der Waals surface area (Å²) in [7, 11) is 1.65. The Morgan fingerprint density at radius 3 is 2.65 bits per heavy atom. The molecule has 2 N–H and O–H groups in total. The fourth-order valence-corrected chi connectivity index (χ4v) is 2.91. The first-order valence-electron chi connectivity index (χ1n) is 8.27. The maximum absolute atomic E-state index is 11.5. The predicted molar refractivity (Wildman–Crippen MR) is 108 cm³/mol. The Morgan fingerprint density at radius 2 is 1.92 bits per heavy atom. The molecule has 3 aromatic rings. The van der Waals surface area contributed by atoms with E-state index in [0.29, 0.717) is 17.2 Å². The van der Waals surface area contributed by atoms with Gasteiger partial charge in [0.15, 0.2) is 5.11 Å². The summed E-state index contributed by atoms with van der Waals surface area (Å²) >= 11 is 5.33. The first kappa shape index (κ1) is 17.9. The Bertz CT molecular complexity index is 981. The second-order valence-electron chi connectivity index (χ2n) is 5.94. The lowest BCUT2D eigenvalue weighted by Crippen LogP contribution is -2.30. The summed E-state index contributed by atoms with van der Waals surface area (Å²) in [6.07, 6.45) is 0.845. The highest BCUT2D eigenvalue weighted by Gasteiger charge is 2.05. The molecule has 2 aromatic carbocycles. The van der Waals surface area contributed by atoms with Crippen LogP contribution in [0.4, 0.5) is 5.69 Å². The molecule has 0 amide bonds. The van der Waals surface area contributed by atoms with Crippen LogP contribution in [-0.4, -0.2) is 18.8 Å². The molecule has 0 bridgehead atoms. The molecule has 0 spiro atoms. The molecule has 0 unspecified atom stereocenters. The second-order valence-corrected chi connectivity index (χ2v) is 6.35. The van der Waals surface area contributed by atoms with Crippen molar-refractivity contribution < 1.29 is 9.15 Å². The van der Waals surface area contributed by atoms with Crippen LogP contribution in [0, 0.1) is 6.92 Å². The predicted octanol–water partition coefficient (Wildman–Crippen LogP) is 3.64. The molecule has 0 radical (unpaired) electrons. The molecule has 0 saturated heterocycles. The molecular formula is C20H20N2O3S. The van der Waals surface area contributed by atoms with Gasteiger partial charge in [0.25, 0.3) is 0 Å². The van der Waals surface area contributed by atoms with Crippen molar-refractivity contribution in [1.29, 1.82) is 0 Å². The topological polar surface area (TPSA) is 63.5 Å². The third-order valence-electron chi connectivity index (χ3n) is 4.07. The van der Waals surface area contributed by atoms with Gasteiger partial charge >= 0.3 is 5.63 Å². The van der Waals surface area contributed by atoms with E-state index in [1.165, 1.54) is 11.6 Å². The Hall–Kier alpha value is -2.86. The molecule has 134 valence electrons. The summed E-state index contributed by atoms with van der Waals surface area (Å²) < 4.78 is 10.4. The van der Waals surface area contributed by atoms with E-state index in [2.05, 4.69) is 10.6 Å². The highest BCUT2D eigenvalue weighted by Crippen LogP contribution is 2.20. The zero-order valence-electron chi connectivity index (χ0n) is 14.7. The summed E-state index contributed by atoms with van der Waals surface area (Å²) in [6, 6.07) is 15.0. The molecule has 26 heavy (non-hydrogen) atoms. The van der Waals surface area contributed by atoms with E-state index in [4.69, 9.17) is 21.4 Å². The number of benzene rings is 2. The number of methoxy groups -OCH3 is 1. The third-order valence-corrected chi connectivity index (χ3v) is 4.31. The molecule has 0 fully saturated rings. The van der Waals surface area contributed by atoms with E-state index >= 15 is 0 Å². The minimum Gasteiger partial charge on any atom is -0.497 e. The minimum atomic E-state index is -0.354. The molecule has 0 aliphatic heterocycles. The van der Waals surface area contributed by atoms with Gasteiger partial charge in [0.1, 0.15) is 11.3 Å². The number of thiocarbonyl (C=S) groups is 1. The molecule has 6 heteroatoms. The Kier molecular flexibility index (Phi) is 5.53. The van der Waals surface area contributed by atoms with Crippen LogP contribution in [0.3, 0.4) is 0 Å². The lowest BCUT2D eigenvalue weighted by molar-refractivity contribution is 0.414. The molecule has 3 rings (SSSR count). The lowest BCUT2D eigenvalue weighted by Gasteiger charge is -2.11. The number of hydrogen-bond donors (Lipinski definition) is 2. The summed E-state index contributed by atoms with van der Waals surface area (Å²) in [6.45, 7) is 2.59. The zero-order chi connectivity index (χ0) is 18.5. The van der Waals surface area contributed by atoms with Crippen molar-refractivity contribution in [3.05, 3.63) is 70.1 Å². The normalized spacial score (nSPS) is 10.5. The number of aryl methyl sites for hydroxylation is 1. The van der Waals surface area contributed by atoms with Gasteiger partial charge in [-0.2, -0.15) is 0 Å². The Morgan fingerprint density at radius 1 is 1.15 bits per heavy atom. The molecular weight excluding hydrogens is 348 g/mol. The van der Waals surface area contributed by atoms with Gasteiger partial charge in [0, 0.05) is 29.8 Å². The average Bonchev–Trinajstić information content (AvgIpc) is 2.62. The molecule has 0 atom stereocenters. The lowest BCUT2D eigenvalue weighted by atomic mass is 10.1. The number of rotatable bonds is 5. The summed E-state index contributed by atoms with van der Waals surface area (Å²) in [5.41, 5.74) is 3.05. The third kappa shape index (κ3) is 4.40. The van der Waals surface area contributed by atoms with Crippen LogP contribution < -0.4 is 21.0 Å². The molecule has 0 aliphatic carbocycles. The number of anilines is 1. The number of fused-ring (bicyclic) bond motifs is 1. The minimum absolute atomic E-state index is 0.354. The van der Waals surface area contributed by atoms with Crippen molar-refractivity contribution in [1.82, 2.24) is 5.32 Å². The smallest absolute Gasteiger partial charge is 0.336 e. The average molecular weight is 368 g/mol. The van der Waals surface area contributed by atoms with Gasteiger partial charge in [-0.3, -0.25) is 0 Å². The van der Waals surface area contributed by atoms with Crippen molar-refractivity contribution in [2.75, 3.05) is 19.0 Å². The highest BCUT2D eigenvalue weighted by atomic mass is 32.1. The zero-order valence-corrected chi connectivity index (χ0v) is 15.5. The maximum Gasteiger partial charge on any atom is 0.336 e. The fourth-order valence-electron chi connectivity index (χ4n) is 2.69. The van der Waals surface area contributed by atoms with Crippen molar-refractivity contribution >= 4 is 34.0 Å². The fraction of sp³-hybridized carbons (Fsp3) is 0.200. The molecule has 5 nitrogen and oxygen atoms in total. The van der Waals surface area contributed by atoms with Gasteiger partial charge in [-0.1, -0.05) is 12.1 Å². The largest absolute Gasteiger partial charge is 0.497 e. The molecule has 1 heterocycles. The van der Waals surface area contributed by atoms with Gasteiger partial charge in [0.2, 0.25) is 0 Å². The number of nitrogens with one attached hydrogen (secondary N) is 2. The van der Waals surface area contributed by atoms with Crippen LogP contribution >= 0.6 is 12.2 Å². The van der Waals surface area contributed by atoms with Crippen molar-refractivity contribution in [2.24, 2.45) is 0 Å². The van der Waals surface area contributed by atoms with Crippen molar-refractivity contribution in [2.45, 2.75) is 13.3 Å². The van der Waals surface area contributed by atoms with E-state index in [0.717, 1.165) is 28.8 Å². The quantitative estimate of drug-likeness (QED) is 0.530. The van der Waals surface area contributed by atoms with Crippen LogP contribution in [0.15, 0.2) is 57.7 Å². The van der Waals surface area contributed by atoms with Gasteiger partial charge < -0.3 is 19.8 Å². The Balaban J connectivity index is 1.57. The van der Waals surface area contributed by atoms with Crippen LogP contribution in [0.2, 0.25) is 0 Å². The standard InChI is InChI=1S/C20H20N2O3S/c1-13-11-19(23)25-18-12-15(5-8-17(13)18)22-20(26)21-10-9-14-3-6-16(24-2)7-4-14/h3-8,11-12H,9-10H2,1-2H3,(H2,21,22,26).